The molecule has 0 aromatic heterocycles. The Hall–Kier alpha value is -0.850. The van der Waals surface area contributed by atoms with E-state index in [9.17, 15) is 9.59 Å². The van der Waals surface area contributed by atoms with Gasteiger partial charge in [0, 0.05) is 44.7 Å². The Morgan fingerprint density at radius 1 is 0.955 bits per heavy atom. The molecule has 22 heavy (non-hydrogen) atoms. The van der Waals surface area contributed by atoms with E-state index < -0.39 is 0 Å². The molecule has 3 rings (SSSR count). The second-order valence-electron chi connectivity index (χ2n) is 6.42. The molecule has 1 aliphatic carbocycles. The predicted molar refractivity (Wildman–Crippen MR) is 84.7 cm³/mol. The summed E-state index contributed by atoms with van der Waals surface area (Å²) in [5.41, 5.74) is 5.89. The maximum Gasteiger partial charge on any atom is 0.251 e. The predicted octanol–water partition coefficient (Wildman–Crippen LogP) is 0.385. The van der Waals surface area contributed by atoms with E-state index in [1.54, 1.807) is 0 Å². The van der Waals surface area contributed by atoms with Crippen molar-refractivity contribution in [3.8, 4) is 0 Å². The summed E-state index contributed by atoms with van der Waals surface area (Å²) in [6.07, 6.45) is 4.23. The van der Waals surface area contributed by atoms with Gasteiger partial charge in [0.25, 0.3) is 5.91 Å². The first-order valence-electron chi connectivity index (χ1n) is 8.10. The standard InChI is InChI=1S/C15H25N3O3.ClH/c16-12-4-3-11(10-12)14(19)17-5-7-18(8-6-17)15(20)13-2-1-9-21-13;/h11-13H,1-10,16H2;1H. The molecule has 2 saturated heterocycles. The van der Waals surface area contributed by atoms with Crippen LogP contribution in [0.1, 0.15) is 32.1 Å². The summed E-state index contributed by atoms with van der Waals surface area (Å²) < 4.78 is 5.45. The number of amides is 2. The van der Waals surface area contributed by atoms with Gasteiger partial charge in [-0.2, -0.15) is 0 Å². The van der Waals surface area contributed by atoms with Gasteiger partial charge in [0.2, 0.25) is 5.91 Å². The first-order chi connectivity index (χ1) is 10.1. The van der Waals surface area contributed by atoms with Crippen LogP contribution in [-0.4, -0.2) is 66.5 Å². The van der Waals surface area contributed by atoms with Gasteiger partial charge in [0.1, 0.15) is 6.10 Å². The van der Waals surface area contributed by atoms with Gasteiger partial charge < -0.3 is 20.3 Å². The largest absolute Gasteiger partial charge is 0.368 e. The van der Waals surface area contributed by atoms with Gasteiger partial charge in [-0.1, -0.05) is 0 Å². The number of ether oxygens (including phenoxy) is 1. The van der Waals surface area contributed by atoms with Crippen LogP contribution in [0.15, 0.2) is 0 Å². The Morgan fingerprint density at radius 3 is 2.09 bits per heavy atom. The van der Waals surface area contributed by atoms with E-state index in [1.165, 1.54) is 0 Å². The Kier molecular flexibility index (Phi) is 6.06. The van der Waals surface area contributed by atoms with Crippen LogP contribution in [0, 0.1) is 5.92 Å². The molecule has 2 heterocycles. The van der Waals surface area contributed by atoms with Crippen LogP contribution >= 0.6 is 12.4 Å². The lowest BCUT2D eigenvalue weighted by atomic mass is 10.1. The summed E-state index contributed by atoms with van der Waals surface area (Å²) in [5, 5.41) is 0. The van der Waals surface area contributed by atoms with Crippen LogP contribution in [-0.2, 0) is 14.3 Å². The Labute approximate surface area is 137 Å². The van der Waals surface area contributed by atoms with Crippen molar-refractivity contribution in [2.24, 2.45) is 11.7 Å². The number of piperazine rings is 1. The number of halogens is 1. The lowest BCUT2D eigenvalue weighted by Crippen LogP contribution is -2.53. The lowest BCUT2D eigenvalue weighted by molar-refractivity contribution is -0.147. The van der Waals surface area contributed by atoms with Gasteiger partial charge in [-0.25, -0.2) is 0 Å². The molecule has 2 aliphatic heterocycles. The second kappa shape index (κ2) is 7.62. The van der Waals surface area contributed by atoms with Gasteiger partial charge in [0.05, 0.1) is 0 Å². The number of hydrogen-bond donors (Lipinski definition) is 1. The van der Waals surface area contributed by atoms with Gasteiger partial charge in [-0.15, -0.1) is 12.4 Å². The molecule has 2 N–H and O–H groups in total. The third-order valence-corrected chi connectivity index (χ3v) is 4.93. The minimum Gasteiger partial charge on any atom is -0.368 e. The minimum absolute atomic E-state index is 0. The molecule has 3 atom stereocenters. The number of carbonyl (C=O) groups is 2. The van der Waals surface area contributed by atoms with E-state index in [4.69, 9.17) is 10.5 Å². The van der Waals surface area contributed by atoms with Crippen molar-refractivity contribution in [3.63, 3.8) is 0 Å². The normalized spacial score (nSPS) is 32.0. The van der Waals surface area contributed by atoms with E-state index in [2.05, 4.69) is 0 Å². The second-order valence-corrected chi connectivity index (χ2v) is 6.42. The van der Waals surface area contributed by atoms with Crippen LogP contribution in [0.3, 0.4) is 0 Å². The fraction of sp³-hybridized carbons (Fsp3) is 0.867. The maximum absolute atomic E-state index is 12.4. The number of hydrogen-bond acceptors (Lipinski definition) is 4. The van der Waals surface area contributed by atoms with Crippen molar-refractivity contribution in [3.05, 3.63) is 0 Å². The molecule has 0 aromatic rings. The van der Waals surface area contributed by atoms with Crippen molar-refractivity contribution >= 4 is 24.2 Å². The molecule has 7 heteroatoms. The van der Waals surface area contributed by atoms with Crippen LogP contribution in [0.5, 0.6) is 0 Å². The van der Waals surface area contributed by atoms with E-state index in [1.807, 2.05) is 9.80 Å². The molecule has 2 amide bonds. The van der Waals surface area contributed by atoms with Gasteiger partial charge >= 0.3 is 0 Å². The molecule has 3 unspecified atom stereocenters. The molecule has 0 radical (unpaired) electrons. The van der Waals surface area contributed by atoms with Crippen molar-refractivity contribution in [2.75, 3.05) is 32.8 Å². The average Bonchev–Trinajstić information content (AvgIpc) is 3.17. The highest BCUT2D eigenvalue weighted by atomic mass is 35.5. The number of rotatable bonds is 2. The van der Waals surface area contributed by atoms with Gasteiger partial charge in [-0.3, -0.25) is 9.59 Å². The molecular weight excluding hydrogens is 306 g/mol. The zero-order valence-corrected chi connectivity index (χ0v) is 13.7. The Balaban J connectivity index is 0.00000176. The zero-order valence-electron chi connectivity index (χ0n) is 12.9. The van der Waals surface area contributed by atoms with Crippen molar-refractivity contribution < 1.29 is 14.3 Å². The van der Waals surface area contributed by atoms with E-state index in [0.717, 1.165) is 32.1 Å². The van der Waals surface area contributed by atoms with Gasteiger partial charge in [-0.05, 0) is 32.1 Å². The van der Waals surface area contributed by atoms with Gasteiger partial charge in [0.15, 0.2) is 0 Å². The SMILES string of the molecule is Cl.NC1CCC(C(=O)N2CCN(C(=O)C3CCCO3)CC2)C1. The monoisotopic (exact) mass is 331 g/mol. The first-order valence-corrected chi connectivity index (χ1v) is 8.10. The fourth-order valence-corrected chi connectivity index (χ4v) is 3.62. The molecule has 3 aliphatic rings. The fourth-order valence-electron chi connectivity index (χ4n) is 3.62. The summed E-state index contributed by atoms with van der Waals surface area (Å²) in [5.74, 6) is 0.426. The summed E-state index contributed by atoms with van der Waals surface area (Å²) in [6.45, 7) is 3.23. The molecule has 1 saturated carbocycles. The highest BCUT2D eigenvalue weighted by molar-refractivity contribution is 5.85. The van der Waals surface area contributed by atoms with Crippen LogP contribution in [0.25, 0.3) is 0 Å². The van der Waals surface area contributed by atoms with E-state index in [-0.39, 0.29) is 42.3 Å². The average molecular weight is 332 g/mol. The third kappa shape index (κ3) is 3.73. The summed E-state index contributed by atoms with van der Waals surface area (Å²) in [6, 6.07) is 0.182. The quantitative estimate of drug-likeness (QED) is 0.794. The smallest absolute Gasteiger partial charge is 0.251 e. The highest BCUT2D eigenvalue weighted by Crippen LogP contribution is 2.26. The van der Waals surface area contributed by atoms with E-state index >= 15 is 0 Å². The molecular formula is C15H26ClN3O3. The maximum atomic E-state index is 12.4. The van der Waals surface area contributed by atoms with Crippen molar-refractivity contribution in [1.82, 2.24) is 9.80 Å². The molecule has 0 bridgehead atoms. The Morgan fingerprint density at radius 2 is 1.59 bits per heavy atom. The van der Waals surface area contributed by atoms with E-state index in [0.29, 0.717) is 32.8 Å². The summed E-state index contributed by atoms with van der Waals surface area (Å²) in [4.78, 5) is 28.4. The minimum atomic E-state index is -0.250. The van der Waals surface area contributed by atoms with Crippen LogP contribution < -0.4 is 5.73 Å². The van der Waals surface area contributed by atoms with Crippen molar-refractivity contribution in [2.45, 2.75) is 44.2 Å². The molecule has 6 nitrogen and oxygen atoms in total. The lowest BCUT2D eigenvalue weighted by Gasteiger charge is -2.36. The number of nitrogens with zero attached hydrogens (tertiary/aromatic N) is 2. The van der Waals surface area contributed by atoms with Crippen LogP contribution in [0.4, 0.5) is 0 Å². The third-order valence-electron chi connectivity index (χ3n) is 4.93. The Bertz CT molecular complexity index is 407. The molecule has 126 valence electrons. The summed E-state index contributed by atoms with van der Waals surface area (Å²) >= 11 is 0. The first kappa shape index (κ1) is 17.5. The zero-order chi connectivity index (χ0) is 14.8. The number of nitrogens with two attached hydrogens (primary N) is 1. The van der Waals surface area contributed by atoms with Crippen molar-refractivity contribution in [1.29, 1.82) is 0 Å². The summed E-state index contributed by atoms with van der Waals surface area (Å²) in [7, 11) is 0. The molecule has 3 fully saturated rings. The topological polar surface area (TPSA) is 75.9 Å². The highest BCUT2D eigenvalue weighted by Gasteiger charge is 2.35. The van der Waals surface area contributed by atoms with Crippen LogP contribution in [0.2, 0.25) is 0 Å². The molecule has 0 spiro atoms. The molecule has 0 aromatic carbocycles. The number of carbonyl (C=O) groups excluding carboxylic acids is 2.